The van der Waals surface area contributed by atoms with Gasteiger partial charge in [0.05, 0.1) is 10.2 Å². The van der Waals surface area contributed by atoms with Crippen LogP contribution in [0, 0.1) is 5.82 Å². The topological polar surface area (TPSA) is 12.9 Å². The van der Waals surface area contributed by atoms with Crippen LogP contribution in [0.3, 0.4) is 0 Å². The zero-order valence-electron chi connectivity index (χ0n) is 7.36. The van der Waals surface area contributed by atoms with Crippen LogP contribution in [0.1, 0.15) is 26.5 Å². The molecular formula is C9H11BrFN. The van der Waals surface area contributed by atoms with Crippen LogP contribution in [0.4, 0.5) is 4.39 Å². The first-order valence-electron chi connectivity index (χ1n) is 3.73. The summed E-state index contributed by atoms with van der Waals surface area (Å²) in [4.78, 5) is 4.01. The lowest BCUT2D eigenvalue weighted by Crippen LogP contribution is -2.15. The fourth-order valence-electron chi connectivity index (χ4n) is 0.943. The highest BCUT2D eigenvalue weighted by atomic mass is 79.9. The van der Waals surface area contributed by atoms with Crippen molar-refractivity contribution in [1.29, 1.82) is 0 Å². The van der Waals surface area contributed by atoms with Crippen LogP contribution in [0.5, 0.6) is 0 Å². The van der Waals surface area contributed by atoms with Crippen molar-refractivity contribution in [1.82, 2.24) is 4.98 Å². The van der Waals surface area contributed by atoms with Gasteiger partial charge in [-0.3, -0.25) is 4.98 Å². The summed E-state index contributed by atoms with van der Waals surface area (Å²) in [6, 6.07) is 1.60. The molecule has 1 aromatic heterocycles. The van der Waals surface area contributed by atoms with Gasteiger partial charge in [-0.1, -0.05) is 20.8 Å². The van der Waals surface area contributed by atoms with Crippen LogP contribution >= 0.6 is 15.9 Å². The molecule has 0 aliphatic rings. The predicted molar refractivity (Wildman–Crippen MR) is 50.6 cm³/mol. The number of halogens is 2. The Labute approximate surface area is 80.1 Å². The summed E-state index contributed by atoms with van der Waals surface area (Å²) < 4.78 is 13.9. The SMILES string of the molecule is CC(C)(C)c1nccc(Br)c1F. The lowest BCUT2D eigenvalue weighted by atomic mass is 9.91. The molecule has 66 valence electrons. The lowest BCUT2D eigenvalue weighted by molar-refractivity contribution is 0.499. The van der Waals surface area contributed by atoms with Crippen LogP contribution in [0.25, 0.3) is 0 Å². The second-order valence-corrected chi connectivity index (χ2v) is 4.56. The van der Waals surface area contributed by atoms with E-state index in [0.717, 1.165) is 0 Å². The molecule has 0 N–H and O–H groups in total. The number of pyridine rings is 1. The van der Waals surface area contributed by atoms with E-state index in [1.54, 1.807) is 12.3 Å². The third-order valence-electron chi connectivity index (χ3n) is 1.55. The molecule has 12 heavy (non-hydrogen) atoms. The van der Waals surface area contributed by atoms with Crippen molar-refractivity contribution in [2.75, 3.05) is 0 Å². The maximum absolute atomic E-state index is 13.4. The highest BCUT2D eigenvalue weighted by molar-refractivity contribution is 9.10. The van der Waals surface area contributed by atoms with Gasteiger partial charge >= 0.3 is 0 Å². The Kier molecular flexibility index (Phi) is 2.52. The van der Waals surface area contributed by atoms with Crippen molar-refractivity contribution in [2.24, 2.45) is 0 Å². The number of hydrogen-bond donors (Lipinski definition) is 0. The maximum atomic E-state index is 13.4. The van der Waals surface area contributed by atoms with Crippen molar-refractivity contribution in [3.05, 3.63) is 28.2 Å². The van der Waals surface area contributed by atoms with Crippen LogP contribution in [0.2, 0.25) is 0 Å². The first-order valence-corrected chi connectivity index (χ1v) is 4.52. The molecule has 1 aromatic rings. The van der Waals surface area contributed by atoms with Gasteiger partial charge in [-0.25, -0.2) is 4.39 Å². The van der Waals surface area contributed by atoms with Crippen molar-refractivity contribution in [3.8, 4) is 0 Å². The number of hydrogen-bond acceptors (Lipinski definition) is 1. The van der Waals surface area contributed by atoms with Crippen molar-refractivity contribution in [2.45, 2.75) is 26.2 Å². The molecule has 0 atom stereocenters. The molecular weight excluding hydrogens is 221 g/mol. The van der Waals surface area contributed by atoms with Crippen LogP contribution in [-0.4, -0.2) is 4.98 Å². The number of aromatic nitrogens is 1. The molecule has 0 radical (unpaired) electrons. The summed E-state index contributed by atoms with van der Waals surface area (Å²) in [5.41, 5.74) is 0.255. The zero-order valence-corrected chi connectivity index (χ0v) is 8.94. The molecule has 1 rings (SSSR count). The molecule has 0 amide bonds. The van der Waals surface area contributed by atoms with Crippen molar-refractivity contribution >= 4 is 15.9 Å². The maximum Gasteiger partial charge on any atom is 0.159 e. The average Bonchev–Trinajstić information content (AvgIpc) is 1.92. The predicted octanol–water partition coefficient (Wildman–Crippen LogP) is 3.28. The summed E-state index contributed by atoms with van der Waals surface area (Å²) in [5.74, 6) is -0.259. The van der Waals surface area contributed by atoms with Gasteiger partial charge in [0.25, 0.3) is 0 Å². The third kappa shape index (κ3) is 1.83. The Morgan fingerprint density at radius 1 is 1.42 bits per heavy atom. The molecule has 0 saturated heterocycles. The minimum absolute atomic E-state index is 0.242. The van der Waals surface area contributed by atoms with Gasteiger partial charge in [0.1, 0.15) is 0 Å². The highest BCUT2D eigenvalue weighted by Gasteiger charge is 2.21. The zero-order chi connectivity index (χ0) is 9.35. The van der Waals surface area contributed by atoms with E-state index in [1.165, 1.54) is 0 Å². The molecule has 0 saturated carbocycles. The summed E-state index contributed by atoms with van der Waals surface area (Å²) in [6.07, 6.45) is 1.60. The highest BCUT2D eigenvalue weighted by Crippen LogP contribution is 2.26. The Balaban J connectivity index is 3.26. The van der Waals surface area contributed by atoms with E-state index in [9.17, 15) is 4.39 Å². The first kappa shape index (κ1) is 9.65. The second kappa shape index (κ2) is 3.13. The summed E-state index contributed by atoms with van der Waals surface area (Å²) >= 11 is 3.12. The molecule has 0 spiro atoms. The molecule has 0 aromatic carbocycles. The number of rotatable bonds is 0. The van der Waals surface area contributed by atoms with Gasteiger partial charge < -0.3 is 0 Å². The Bertz CT molecular complexity index is 291. The van der Waals surface area contributed by atoms with Gasteiger partial charge in [0.15, 0.2) is 5.82 Å². The number of nitrogens with zero attached hydrogens (tertiary/aromatic N) is 1. The Morgan fingerprint density at radius 3 is 2.42 bits per heavy atom. The quantitative estimate of drug-likeness (QED) is 0.668. The van der Waals surface area contributed by atoms with E-state index in [4.69, 9.17) is 0 Å². The standard InChI is InChI=1S/C9H11BrFN/c1-9(2,3)8-7(11)6(10)4-5-12-8/h4-5H,1-3H3. The summed E-state index contributed by atoms with van der Waals surface area (Å²) in [5, 5.41) is 0. The summed E-state index contributed by atoms with van der Waals surface area (Å²) in [7, 11) is 0. The van der Waals surface area contributed by atoms with E-state index < -0.39 is 0 Å². The normalized spacial score (nSPS) is 11.8. The van der Waals surface area contributed by atoms with Gasteiger partial charge in [0, 0.05) is 11.6 Å². The minimum atomic E-state index is -0.259. The summed E-state index contributed by atoms with van der Waals surface area (Å²) in [6.45, 7) is 5.81. The van der Waals surface area contributed by atoms with Crippen LogP contribution in [-0.2, 0) is 5.41 Å². The lowest BCUT2D eigenvalue weighted by Gasteiger charge is -2.18. The average molecular weight is 232 g/mol. The molecule has 0 aliphatic heterocycles. The van der Waals surface area contributed by atoms with E-state index in [2.05, 4.69) is 20.9 Å². The smallest absolute Gasteiger partial charge is 0.159 e. The fourth-order valence-corrected chi connectivity index (χ4v) is 1.25. The fraction of sp³-hybridized carbons (Fsp3) is 0.444. The van der Waals surface area contributed by atoms with Crippen molar-refractivity contribution < 1.29 is 4.39 Å². The van der Waals surface area contributed by atoms with E-state index in [1.807, 2.05) is 20.8 Å². The van der Waals surface area contributed by atoms with Crippen LogP contribution < -0.4 is 0 Å². The molecule has 0 unspecified atom stereocenters. The third-order valence-corrected chi connectivity index (χ3v) is 2.16. The molecule has 1 nitrogen and oxygen atoms in total. The Morgan fingerprint density at radius 2 is 2.00 bits per heavy atom. The molecule has 0 bridgehead atoms. The van der Waals surface area contributed by atoms with Crippen LogP contribution in [0.15, 0.2) is 16.7 Å². The van der Waals surface area contributed by atoms with Gasteiger partial charge in [-0.15, -0.1) is 0 Å². The molecule has 0 aliphatic carbocycles. The van der Waals surface area contributed by atoms with Crippen molar-refractivity contribution in [3.63, 3.8) is 0 Å². The van der Waals surface area contributed by atoms with E-state index in [0.29, 0.717) is 10.2 Å². The van der Waals surface area contributed by atoms with E-state index in [-0.39, 0.29) is 11.2 Å². The second-order valence-electron chi connectivity index (χ2n) is 3.71. The molecule has 1 heterocycles. The Hall–Kier alpha value is -0.440. The molecule has 3 heteroatoms. The molecule has 0 fully saturated rings. The van der Waals surface area contributed by atoms with Gasteiger partial charge in [-0.2, -0.15) is 0 Å². The largest absolute Gasteiger partial charge is 0.258 e. The van der Waals surface area contributed by atoms with E-state index >= 15 is 0 Å². The minimum Gasteiger partial charge on any atom is -0.258 e. The van der Waals surface area contributed by atoms with Gasteiger partial charge in [-0.05, 0) is 22.0 Å². The van der Waals surface area contributed by atoms with Gasteiger partial charge in [0.2, 0.25) is 0 Å². The monoisotopic (exact) mass is 231 g/mol. The first-order chi connectivity index (χ1) is 5.43.